The molecule has 2 nitrogen and oxygen atoms in total. The quantitative estimate of drug-likeness (QED) is 0.430. The van der Waals surface area contributed by atoms with Gasteiger partial charge in [0.25, 0.3) is 0 Å². The summed E-state index contributed by atoms with van der Waals surface area (Å²) < 4.78 is 16.0. The third-order valence-electron chi connectivity index (χ3n) is 3.02. The minimum absolute atomic E-state index is 0. The topological polar surface area (TPSA) is 26.3 Å². The van der Waals surface area contributed by atoms with Crippen LogP contribution in [0.2, 0.25) is 0 Å². The maximum Gasteiger partial charge on any atom is 0.494 e. The summed E-state index contributed by atoms with van der Waals surface area (Å²) in [7, 11) is -0.600. The Morgan fingerprint density at radius 3 is 2.06 bits per heavy atom. The average Bonchev–Trinajstić information content (AvgIpc) is 2.26. The summed E-state index contributed by atoms with van der Waals surface area (Å²) in [6, 6.07) is 0. The fourth-order valence-electron chi connectivity index (χ4n) is 1.98. The van der Waals surface area contributed by atoms with Crippen LogP contribution in [0.4, 0.5) is 0 Å². The van der Waals surface area contributed by atoms with Gasteiger partial charge in [0.15, 0.2) is 0 Å². The van der Waals surface area contributed by atoms with Gasteiger partial charge in [0.1, 0.15) is 6.10 Å². The summed E-state index contributed by atoms with van der Waals surface area (Å²) >= 11 is 0. The van der Waals surface area contributed by atoms with Gasteiger partial charge in [-0.15, -0.1) is 4.52 Å². The largest absolute Gasteiger partial charge is 0.494 e. The van der Waals surface area contributed by atoms with Crippen LogP contribution in [-0.2, 0) is 25.6 Å². The van der Waals surface area contributed by atoms with Gasteiger partial charge in [-0.05, 0) is 23.3 Å². The van der Waals surface area contributed by atoms with E-state index in [-0.39, 0.29) is 22.6 Å². The van der Waals surface area contributed by atoms with Crippen molar-refractivity contribution in [2.75, 3.05) is 0 Å². The summed E-state index contributed by atoms with van der Waals surface area (Å²) in [4.78, 5) is 0. The van der Waals surface area contributed by atoms with Gasteiger partial charge in [0.2, 0.25) is 0 Å². The minimum atomic E-state index is -0.600. The monoisotopic (exact) mass is 291 g/mol. The van der Waals surface area contributed by atoms with Crippen molar-refractivity contribution in [3.63, 3.8) is 0 Å². The van der Waals surface area contributed by atoms with Crippen LogP contribution < -0.4 is 0 Å². The fourth-order valence-corrected chi connectivity index (χ4v) is 2.41. The van der Waals surface area contributed by atoms with E-state index in [0.29, 0.717) is 5.92 Å². The molecule has 0 saturated heterocycles. The second kappa shape index (κ2) is 13.6. The number of rotatable bonds is 10. The predicted molar refractivity (Wildman–Crippen MR) is 66.7 cm³/mol. The summed E-state index contributed by atoms with van der Waals surface area (Å²) in [6.45, 7) is 6.60. The zero-order valence-corrected chi connectivity index (χ0v) is 12.7. The van der Waals surface area contributed by atoms with E-state index in [1.807, 2.05) is 0 Å². The van der Waals surface area contributed by atoms with Crippen LogP contribution in [0.5, 0.6) is 0 Å². The standard InChI is InChI=1S/C12H26O2P.Ni/c1-4-7-9-11(6-3)12(14-15-13)10-8-5-2;/h11-12,15H,4-10H2,1-3H3;/q+1;. The van der Waals surface area contributed by atoms with Crippen LogP contribution in [0.15, 0.2) is 0 Å². The van der Waals surface area contributed by atoms with Crippen molar-refractivity contribution in [2.45, 2.75) is 71.8 Å². The van der Waals surface area contributed by atoms with Crippen LogP contribution >= 0.6 is 8.69 Å². The summed E-state index contributed by atoms with van der Waals surface area (Å²) in [5.74, 6) is 0.595. The molecule has 3 unspecified atom stereocenters. The van der Waals surface area contributed by atoms with E-state index in [1.54, 1.807) is 0 Å². The molecule has 0 aromatic carbocycles. The van der Waals surface area contributed by atoms with Crippen LogP contribution in [0.3, 0.4) is 0 Å². The second-order valence-corrected chi connectivity index (χ2v) is 4.59. The molecule has 16 heavy (non-hydrogen) atoms. The van der Waals surface area contributed by atoms with E-state index in [4.69, 9.17) is 4.52 Å². The Balaban J connectivity index is 0. The van der Waals surface area contributed by atoms with Crippen LogP contribution in [-0.4, -0.2) is 6.10 Å². The zero-order valence-electron chi connectivity index (χ0n) is 10.7. The molecule has 0 fully saturated rings. The molecule has 0 aliphatic heterocycles. The van der Waals surface area contributed by atoms with E-state index in [2.05, 4.69) is 20.8 Å². The first-order valence-corrected chi connectivity index (χ1v) is 7.14. The fraction of sp³-hybridized carbons (Fsp3) is 1.00. The van der Waals surface area contributed by atoms with E-state index in [9.17, 15) is 4.57 Å². The predicted octanol–water partition coefficient (Wildman–Crippen LogP) is 4.71. The Labute approximate surface area is 112 Å². The zero-order chi connectivity index (χ0) is 11.5. The molecule has 0 aliphatic rings. The summed E-state index contributed by atoms with van der Waals surface area (Å²) in [5, 5.41) is 0. The molecular weight excluding hydrogens is 266 g/mol. The van der Waals surface area contributed by atoms with Crippen LogP contribution in [0.25, 0.3) is 0 Å². The van der Waals surface area contributed by atoms with Gasteiger partial charge in [0, 0.05) is 16.5 Å². The Hall–Kier alpha value is 0.554. The van der Waals surface area contributed by atoms with Gasteiger partial charge in [-0.3, -0.25) is 0 Å². The van der Waals surface area contributed by atoms with Gasteiger partial charge in [-0.25, -0.2) is 0 Å². The SMILES string of the molecule is CCCCC(CC)C(CCCC)O[PH+]=O.[Ni]. The molecule has 3 atom stereocenters. The molecule has 0 bridgehead atoms. The number of hydrogen-bond acceptors (Lipinski definition) is 2. The maximum atomic E-state index is 10.6. The van der Waals surface area contributed by atoms with Crippen molar-refractivity contribution >= 4 is 8.69 Å². The van der Waals surface area contributed by atoms with E-state index in [0.717, 1.165) is 12.8 Å². The molecule has 0 aliphatic carbocycles. The molecule has 100 valence electrons. The van der Waals surface area contributed by atoms with Gasteiger partial charge < -0.3 is 0 Å². The van der Waals surface area contributed by atoms with Crippen molar-refractivity contribution in [2.24, 2.45) is 5.92 Å². The van der Waals surface area contributed by atoms with Crippen molar-refractivity contribution < 1.29 is 25.6 Å². The number of hydrogen-bond donors (Lipinski definition) is 0. The Morgan fingerprint density at radius 1 is 1.06 bits per heavy atom. The van der Waals surface area contributed by atoms with Crippen molar-refractivity contribution in [1.82, 2.24) is 0 Å². The van der Waals surface area contributed by atoms with E-state index in [1.165, 1.54) is 32.1 Å². The van der Waals surface area contributed by atoms with Gasteiger partial charge in [0.05, 0.1) is 0 Å². The molecule has 0 heterocycles. The first-order chi connectivity index (χ1) is 7.29. The molecule has 0 amide bonds. The molecule has 0 radical (unpaired) electrons. The van der Waals surface area contributed by atoms with Crippen LogP contribution in [0, 0.1) is 5.92 Å². The van der Waals surface area contributed by atoms with Gasteiger partial charge in [-0.2, -0.15) is 0 Å². The van der Waals surface area contributed by atoms with Crippen molar-refractivity contribution in [3.8, 4) is 0 Å². The van der Waals surface area contributed by atoms with Gasteiger partial charge >= 0.3 is 8.69 Å². The molecule has 4 heteroatoms. The molecule has 0 N–H and O–H groups in total. The van der Waals surface area contributed by atoms with Crippen molar-refractivity contribution in [1.29, 1.82) is 0 Å². The summed E-state index contributed by atoms with van der Waals surface area (Å²) in [6.07, 6.45) is 8.49. The van der Waals surface area contributed by atoms with E-state index >= 15 is 0 Å². The maximum absolute atomic E-state index is 10.6. The Morgan fingerprint density at radius 2 is 1.62 bits per heavy atom. The molecule has 0 rings (SSSR count). The first kappa shape index (κ1) is 18.9. The van der Waals surface area contributed by atoms with E-state index < -0.39 is 8.69 Å². The smallest absolute Gasteiger partial charge is 0.144 e. The summed E-state index contributed by atoms with van der Waals surface area (Å²) in [5.41, 5.74) is 0. The van der Waals surface area contributed by atoms with Gasteiger partial charge in [-0.1, -0.05) is 52.9 Å². The molecule has 0 aromatic heterocycles. The second-order valence-electron chi connectivity index (χ2n) is 4.19. The number of unbranched alkanes of at least 4 members (excludes halogenated alkanes) is 2. The Kier molecular flexibility index (Phi) is 16.1. The first-order valence-electron chi connectivity index (χ1n) is 6.32. The third-order valence-corrected chi connectivity index (χ3v) is 3.42. The average molecular weight is 292 g/mol. The third kappa shape index (κ3) is 8.68. The minimum Gasteiger partial charge on any atom is -0.144 e. The molecule has 0 spiro atoms. The van der Waals surface area contributed by atoms with Crippen LogP contribution in [0.1, 0.15) is 65.7 Å². The molecule has 0 saturated carbocycles. The molecule has 0 aromatic rings. The van der Waals surface area contributed by atoms with Crippen molar-refractivity contribution in [3.05, 3.63) is 0 Å². The normalized spacial score (nSPS) is 14.4. The Bertz CT molecular complexity index is 156. The molecular formula is C12H26NiO2P+.